The van der Waals surface area contributed by atoms with Crippen LogP contribution in [0.4, 0.5) is 13.2 Å². The van der Waals surface area contributed by atoms with Gasteiger partial charge in [0.25, 0.3) is 6.43 Å². The first-order chi connectivity index (χ1) is 5.72. The Bertz CT molecular complexity index is 129. The third kappa shape index (κ3) is 3.01. The maximum atomic E-state index is 12.2. The van der Waals surface area contributed by atoms with Crippen LogP contribution in [0.1, 0.15) is 12.8 Å². The third-order valence-electron chi connectivity index (χ3n) is 2.22. The maximum Gasteiger partial charge on any atom is 0.251 e. The summed E-state index contributed by atoms with van der Waals surface area (Å²) >= 11 is 0. The molecule has 4 heteroatoms. The highest BCUT2D eigenvalue weighted by Crippen LogP contribution is 2.17. The first-order valence-electron chi connectivity index (χ1n) is 4.29. The van der Waals surface area contributed by atoms with Crippen molar-refractivity contribution in [2.75, 3.05) is 26.3 Å². The van der Waals surface area contributed by atoms with Crippen molar-refractivity contribution in [1.82, 2.24) is 4.90 Å². The van der Waals surface area contributed by atoms with Gasteiger partial charge in [0.2, 0.25) is 0 Å². The fourth-order valence-electron chi connectivity index (χ4n) is 1.64. The van der Waals surface area contributed by atoms with Gasteiger partial charge >= 0.3 is 0 Å². The van der Waals surface area contributed by atoms with E-state index in [0.717, 1.165) is 12.8 Å². The second-order valence-electron chi connectivity index (χ2n) is 3.31. The first-order valence-corrected chi connectivity index (χ1v) is 4.29. The number of rotatable bonds is 3. The molecule has 1 aliphatic rings. The molecule has 1 rings (SSSR count). The molecule has 1 aliphatic heterocycles. The molecule has 0 spiro atoms. The van der Waals surface area contributed by atoms with Gasteiger partial charge in [-0.1, -0.05) is 0 Å². The second-order valence-corrected chi connectivity index (χ2v) is 3.31. The van der Waals surface area contributed by atoms with Crippen LogP contribution in [-0.2, 0) is 0 Å². The number of alkyl halides is 3. The summed E-state index contributed by atoms with van der Waals surface area (Å²) in [5, 5.41) is 0. The number of nitrogens with zero attached hydrogens (tertiary/aromatic N) is 1. The van der Waals surface area contributed by atoms with Gasteiger partial charge < -0.3 is 0 Å². The first kappa shape index (κ1) is 9.84. The summed E-state index contributed by atoms with van der Waals surface area (Å²) in [6, 6.07) is 0. The van der Waals surface area contributed by atoms with Gasteiger partial charge in [0, 0.05) is 12.5 Å². The maximum absolute atomic E-state index is 12.2. The molecule has 0 aromatic heterocycles. The molecule has 1 fully saturated rings. The van der Waals surface area contributed by atoms with E-state index >= 15 is 0 Å². The highest BCUT2D eigenvalue weighted by molar-refractivity contribution is 4.72. The van der Waals surface area contributed by atoms with Crippen LogP contribution < -0.4 is 0 Å². The van der Waals surface area contributed by atoms with Gasteiger partial charge in [-0.05, 0) is 19.4 Å². The van der Waals surface area contributed by atoms with E-state index in [1.54, 1.807) is 4.90 Å². The van der Waals surface area contributed by atoms with Crippen LogP contribution in [0.25, 0.3) is 0 Å². The summed E-state index contributed by atoms with van der Waals surface area (Å²) in [6.07, 6.45) is -0.597. The summed E-state index contributed by atoms with van der Waals surface area (Å²) in [5.74, 6) is -0.0162. The Labute approximate surface area is 70.5 Å². The van der Waals surface area contributed by atoms with Gasteiger partial charge in [0.15, 0.2) is 0 Å². The lowest BCUT2D eigenvalue weighted by atomic mass is 10.00. The summed E-state index contributed by atoms with van der Waals surface area (Å²) in [6.45, 7) is 0.623. The van der Waals surface area contributed by atoms with Gasteiger partial charge in [0.05, 0.1) is 13.2 Å². The minimum absolute atomic E-state index is 0.0162. The van der Waals surface area contributed by atoms with E-state index in [4.69, 9.17) is 0 Å². The molecule has 0 aliphatic carbocycles. The Kier molecular flexibility index (Phi) is 3.85. The predicted octanol–water partition coefficient (Wildman–Crippen LogP) is 1.93. The van der Waals surface area contributed by atoms with Gasteiger partial charge in [0.1, 0.15) is 0 Å². The van der Waals surface area contributed by atoms with Crippen LogP contribution in [0.5, 0.6) is 0 Å². The Morgan fingerprint density at radius 2 is 2.17 bits per heavy atom. The van der Waals surface area contributed by atoms with E-state index in [1.165, 1.54) is 0 Å². The molecule has 0 saturated carbocycles. The van der Waals surface area contributed by atoms with Gasteiger partial charge in [-0.3, -0.25) is 9.29 Å². The molecule has 12 heavy (non-hydrogen) atoms. The number of piperidine rings is 1. The van der Waals surface area contributed by atoms with E-state index in [2.05, 4.69) is 0 Å². The van der Waals surface area contributed by atoms with Crippen LogP contribution in [0.3, 0.4) is 0 Å². The molecule has 0 unspecified atom stereocenters. The molecule has 0 amide bonds. The highest BCUT2D eigenvalue weighted by Gasteiger charge is 2.21. The SMILES string of the molecule is FC[C@@H]1CCCN(CC(F)F)C1. The standard InChI is InChI=1S/C8H14F3N/c9-4-7-2-1-3-12(5-7)6-8(10)11/h7-8H,1-6H2/t7-/m0/s1. The molecule has 0 aromatic rings. The number of likely N-dealkylation sites (tertiary alicyclic amines) is 1. The van der Waals surface area contributed by atoms with Crippen molar-refractivity contribution in [1.29, 1.82) is 0 Å². The van der Waals surface area contributed by atoms with Crippen molar-refractivity contribution in [3.05, 3.63) is 0 Å². The van der Waals surface area contributed by atoms with Crippen LogP contribution in [0.15, 0.2) is 0 Å². The normalized spacial score (nSPS) is 26.5. The molecule has 0 N–H and O–H groups in total. The van der Waals surface area contributed by atoms with Crippen LogP contribution in [-0.4, -0.2) is 37.6 Å². The summed E-state index contributed by atoms with van der Waals surface area (Å²) < 4.78 is 36.0. The smallest absolute Gasteiger partial charge is 0.251 e. The van der Waals surface area contributed by atoms with Crippen molar-refractivity contribution in [3.63, 3.8) is 0 Å². The number of hydrogen-bond donors (Lipinski definition) is 0. The molecule has 1 nitrogen and oxygen atoms in total. The average Bonchev–Trinajstić information content (AvgIpc) is 2.03. The van der Waals surface area contributed by atoms with Gasteiger partial charge in [-0.2, -0.15) is 0 Å². The van der Waals surface area contributed by atoms with E-state index in [1.807, 2.05) is 0 Å². The fraction of sp³-hybridized carbons (Fsp3) is 1.00. The Morgan fingerprint density at radius 3 is 2.75 bits per heavy atom. The zero-order chi connectivity index (χ0) is 8.97. The van der Waals surface area contributed by atoms with E-state index in [9.17, 15) is 13.2 Å². The van der Waals surface area contributed by atoms with Crippen molar-refractivity contribution in [2.24, 2.45) is 5.92 Å². The molecule has 0 bridgehead atoms. The van der Waals surface area contributed by atoms with E-state index in [-0.39, 0.29) is 19.1 Å². The second kappa shape index (κ2) is 4.70. The molecule has 1 atom stereocenters. The molecule has 1 heterocycles. The summed E-state index contributed by atoms with van der Waals surface area (Å²) in [7, 11) is 0. The average molecular weight is 181 g/mol. The molecule has 0 radical (unpaired) electrons. The summed E-state index contributed by atoms with van der Waals surface area (Å²) in [5.41, 5.74) is 0. The quantitative estimate of drug-likeness (QED) is 0.643. The van der Waals surface area contributed by atoms with Crippen LogP contribution in [0.2, 0.25) is 0 Å². The zero-order valence-corrected chi connectivity index (χ0v) is 6.98. The summed E-state index contributed by atoms with van der Waals surface area (Å²) in [4.78, 5) is 1.65. The number of halogens is 3. The third-order valence-corrected chi connectivity index (χ3v) is 2.22. The number of hydrogen-bond acceptors (Lipinski definition) is 1. The Balaban J connectivity index is 2.25. The highest BCUT2D eigenvalue weighted by atomic mass is 19.3. The van der Waals surface area contributed by atoms with Gasteiger partial charge in [-0.15, -0.1) is 0 Å². The predicted molar refractivity (Wildman–Crippen MR) is 41.1 cm³/mol. The Morgan fingerprint density at radius 1 is 1.42 bits per heavy atom. The van der Waals surface area contributed by atoms with Crippen molar-refractivity contribution in [2.45, 2.75) is 19.3 Å². The van der Waals surface area contributed by atoms with E-state index < -0.39 is 6.43 Å². The molecular formula is C8H14F3N. The minimum Gasteiger partial charge on any atom is -0.297 e. The lowest BCUT2D eigenvalue weighted by Crippen LogP contribution is -2.38. The van der Waals surface area contributed by atoms with Crippen LogP contribution >= 0.6 is 0 Å². The largest absolute Gasteiger partial charge is 0.297 e. The minimum atomic E-state index is -2.29. The van der Waals surface area contributed by atoms with Gasteiger partial charge in [-0.25, -0.2) is 8.78 Å². The lowest BCUT2D eigenvalue weighted by Gasteiger charge is -2.30. The van der Waals surface area contributed by atoms with E-state index in [0.29, 0.717) is 13.1 Å². The topological polar surface area (TPSA) is 3.24 Å². The molecule has 1 saturated heterocycles. The van der Waals surface area contributed by atoms with Crippen molar-refractivity contribution < 1.29 is 13.2 Å². The van der Waals surface area contributed by atoms with Crippen LogP contribution in [0, 0.1) is 5.92 Å². The molecular weight excluding hydrogens is 167 g/mol. The lowest BCUT2D eigenvalue weighted by molar-refractivity contribution is 0.0604. The molecule has 72 valence electrons. The molecule has 0 aromatic carbocycles. The van der Waals surface area contributed by atoms with Crippen molar-refractivity contribution in [3.8, 4) is 0 Å². The van der Waals surface area contributed by atoms with Crippen molar-refractivity contribution >= 4 is 0 Å². The zero-order valence-electron chi connectivity index (χ0n) is 6.98. The Hall–Kier alpha value is -0.250. The monoisotopic (exact) mass is 181 g/mol. The fourth-order valence-corrected chi connectivity index (χ4v) is 1.64.